The first-order chi connectivity index (χ1) is 6.29. The lowest BCUT2D eigenvalue weighted by Crippen LogP contribution is -2.08. The minimum absolute atomic E-state index is 0.188. The van der Waals surface area contributed by atoms with Crippen molar-refractivity contribution < 1.29 is 9.90 Å². The number of carboxylic acids is 1. The van der Waals surface area contributed by atoms with Gasteiger partial charge in [-0.3, -0.25) is 4.79 Å². The van der Waals surface area contributed by atoms with E-state index in [1.165, 1.54) is 5.57 Å². The van der Waals surface area contributed by atoms with Crippen molar-refractivity contribution in [3.63, 3.8) is 0 Å². The Bertz CT molecular complexity index is 378. The molecule has 66 valence electrons. The molecule has 3 heteroatoms. The molecule has 0 radical (unpaired) electrons. The van der Waals surface area contributed by atoms with Crippen LogP contribution >= 0.6 is 11.8 Å². The van der Waals surface area contributed by atoms with Gasteiger partial charge in [0.25, 0.3) is 0 Å². The predicted octanol–water partition coefficient (Wildman–Crippen LogP) is 1.61. The zero-order valence-electron chi connectivity index (χ0n) is 6.81. The van der Waals surface area contributed by atoms with E-state index < -0.39 is 5.97 Å². The molecule has 1 aliphatic heterocycles. The Labute approximate surface area is 80.0 Å². The second-order valence-corrected chi connectivity index (χ2v) is 4.74. The van der Waals surface area contributed by atoms with Crippen LogP contribution < -0.4 is 0 Å². The monoisotopic (exact) mass is 192 g/mol. The molecule has 0 aromatic carbocycles. The van der Waals surface area contributed by atoms with E-state index in [1.54, 1.807) is 11.8 Å². The quantitative estimate of drug-likeness (QED) is 0.685. The first-order valence-corrected chi connectivity index (χ1v) is 5.20. The number of carboxylic acid groups (broad SMARTS) is 1. The normalized spacial score (nSPS) is 38.9. The lowest BCUT2D eigenvalue weighted by molar-refractivity contribution is -0.137. The van der Waals surface area contributed by atoms with Gasteiger partial charge in [0.15, 0.2) is 0 Å². The summed E-state index contributed by atoms with van der Waals surface area (Å²) in [6, 6.07) is 0. The maximum absolute atomic E-state index is 10.8. The molecule has 1 fully saturated rings. The molecule has 0 spiro atoms. The maximum Gasteiger partial charge on any atom is 0.312 e. The SMILES string of the molecule is O=C(O)C1C2=C3C=CC=CC3SC21. The Hall–Kier alpha value is -0.960. The smallest absolute Gasteiger partial charge is 0.312 e. The number of allylic oxidation sites excluding steroid dienone is 3. The average molecular weight is 192 g/mol. The Morgan fingerprint density at radius 3 is 3.08 bits per heavy atom. The van der Waals surface area contributed by atoms with Crippen LogP contribution in [0.25, 0.3) is 0 Å². The van der Waals surface area contributed by atoms with Crippen LogP contribution in [0, 0.1) is 5.92 Å². The van der Waals surface area contributed by atoms with Gasteiger partial charge in [-0.05, 0) is 11.1 Å². The van der Waals surface area contributed by atoms with Crippen LogP contribution in [-0.4, -0.2) is 21.6 Å². The molecule has 0 bridgehead atoms. The number of fused-ring (bicyclic) bond motifs is 2. The van der Waals surface area contributed by atoms with Gasteiger partial charge in [-0.25, -0.2) is 0 Å². The highest BCUT2D eigenvalue weighted by Gasteiger charge is 2.57. The van der Waals surface area contributed by atoms with Gasteiger partial charge in [-0.1, -0.05) is 24.3 Å². The van der Waals surface area contributed by atoms with Crippen molar-refractivity contribution in [1.29, 1.82) is 0 Å². The largest absolute Gasteiger partial charge is 0.481 e. The molecule has 1 N–H and O–H groups in total. The van der Waals surface area contributed by atoms with E-state index >= 15 is 0 Å². The minimum Gasteiger partial charge on any atom is -0.481 e. The number of rotatable bonds is 1. The van der Waals surface area contributed by atoms with E-state index in [9.17, 15) is 4.79 Å². The van der Waals surface area contributed by atoms with Crippen LogP contribution in [0.3, 0.4) is 0 Å². The number of aliphatic carboxylic acids is 1. The highest BCUT2D eigenvalue weighted by molar-refractivity contribution is 8.01. The number of hydrogen-bond acceptors (Lipinski definition) is 2. The van der Waals surface area contributed by atoms with Gasteiger partial charge in [0.2, 0.25) is 0 Å². The highest BCUT2D eigenvalue weighted by Crippen LogP contribution is 2.59. The second kappa shape index (κ2) is 2.29. The molecule has 0 aromatic rings. The van der Waals surface area contributed by atoms with Crippen molar-refractivity contribution in [3.05, 3.63) is 35.5 Å². The molecule has 3 rings (SSSR count). The van der Waals surface area contributed by atoms with Crippen LogP contribution in [0.4, 0.5) is 0 Å². The van der Waals surface area contributed by atoms with E-state index in [2.05, 4.69) is 12.2 Å². The molecule has 1 saturated carbocycles. The lowest BCUT2D eigenvalue weighted by atomic mass is 10.1. The van der Waals surface area contributed by atoms with Crippen LogP contribution in [0.1, 0.15) is 0 Å². The summed E-state index contributed by atoms with van der Waals surface area (Å²) in [7, 11) is 0. The molecule has 3 atom stereocenters. The predicted molar refractivity (Wildman–Crippen MR) is 51.6 cm³/mol. The Morgan fingerprint density at radius 2 is 2.31 bits per heavy atom. The zero-order valence-corrected chi connectivity index (χ0v) is 7.62. The first-order valence-electron chi connectivity index (χ1n) is 4.26. The van der Waals surface area contributed by atoms with Crippen LogP contribution in [0.5, 0.6) is 0 Å². The molecule has 3 unspecified atom stereocenters. The van der Waals surface area contributed by atoms with E-state index in [0.29, 0.717) is 5.25 Å². The van der Waals surface area contributed by atoms with Crippen molar-refractivity contribution in [1.82, 2.24) is 0 Å². The average Bonchev–Trinajstić information content (AvgIpc) is 2.71. The lowest BCUT2D eigenvalue weighted by Gasteiger charge is -2.12. The molecular weight excluding hydrogens is 184 g/mol. The van der Waals surface area contributed by atoms with Crippen molar-refractivity contribution >= 4 is 17.7 Å². The van der Waals surface area contributed by atoms with Crippen LogP contribution in [0.15, 0.2) is 35.5 Å². The van der Waals surface area contributed by atoms with Gasteiger partial charge >= 0.3 is 5.97 Å². The summed E-state index contributed by atoms with van der Waals surface area (Å²) in [4.78, 5) is 10.8. The Morgan fingerprint density at radius 1 is 1.46 bits per heavy atom. The van der Waals surface area contributed by atoms with Gasteiger partial charge in [-0.15, -0.1) is 11.8 Å². The number of thioether (sulfide) groups is 1. The fraction of sp³-hybridized carbons (Fsp3) is 0.300. The van der Waals surface area contributed by atoms with Crippen LogP contribution in [0.2, 0.25) is 0 Å². The third kappa shape index (κ3) is 0.879. The number of carbonyl (C=O) groups is 1. The van der Waals surface area contributed by atoms with Gasteiger partial charge < -0.3 is 5.11 Å². The third-order valence-corrected chi connectivity index (χ3v) is 4.23. The van der Waals surface area contributed by atoms with E-state index in [0.717, 1.165) is 5.57 Å². The summed E-state index contributed by atoms with van der Waals surface area (Å²) < 4.78 is 0. The van der Waals surface area contributed by atoms with E-state index in [1.807, 2.05) is 12.2 Å². The second-order valence-electron chi connectivity index (χ2n) is 3.45. The fourth-order valence-electron chi connectivity index (χ4n) is 2.06. The van der Waals surface area contributed by atoms with E-state index in [-0.39, 0.29) is 11.2 Å². The standard InChI is InChI=1S/C10H8O2S/c11-10(12)8-7-5-3-1-2-4-6(5)13-9(7)8/h1-4,6,8-9H,(H,11,12). The molecule has 2 aliphatic carbocycles. The molecule has 1 heterocycles. The summed E-state index contributed by atoms with van der Waals surface area (Å²) in [5.74, 6) is -0.853. The van der Waals surface area contributed by atoms with Crippen LogP contribution in [-0.2, 0) is 4.79 Å². The summed E-state index contributed by atoms with van der Waals surface area (Å²) in [6.45, 7) is 0. The molecular formula is C10H8O2S. The Balaban J connectivity index is 2.00. The molecule has 2 nitrogen and oxygen atoms in total. The molecule has 13 heavy (non-hydrogen) atoms. The molecule has 0 saturated heterocycles. The Kier molecular flexibility index (Phi) is 1.31. The topological polar surface area (TPSA) is 37.3 Å². The fourth-order valence-corrected chi connectivity index (χ4v) is 3.69. The summed E-state index contributed by atoms with van der Waals surface area (Å²) in [5.41, 5.74) is 2.40. The molecule has 0 amide bonds. The summed E-state index contributed by atoms with van der Waals surface area (Å²) in [5, 5.41) is 9.56. The van der Waals surface area contributed by atoms with Gasteiger partial charge in [0.05, 0.1) is 5.92 Å². The van der Waals surface area contributed by atoms with Crippen molar-refractivity contribution in [2.45, 2.75) is 10.5 Å². The minimum atomic E-state index is -0.665. The van der Waals surface area contributed by atoms with E-state index in [4.69, 9.17) is 5.11 Å². The van der Waals surface area contributed by atoms with Crippen molar-refractivity contribution in [2.24, 2.45) is 5.92 Å². The van der Waals surface area contributed by atoms with Crippen molar-refractivity contribution in [2.75, 3.05) is 0 Å². The third-order valence-electron chi connectivity index (χ3n) is 2.71. The van der Waals surface area contributed by atoms with Gasteiger partial charge in [-0.2, -0.15) is 0 Å². The van der Waals surface area contributed by atoms with Gasteiger partial charge in [0.1, 0.15) is 0 Å². The molecule has 3 aliphatic rings. The molecule has 0 aromatic heterocycles. The number of hydrogen-bond donors (Lipinski definition) is 1. The van der Waals surface area contributed by atoms with Crippen molar-refractivity contribution in [3.8, 4) is 0 Å². The zero-order chi connectivity index (χ0) is 9.00. The first kappa shape index (κ1) is 7.44. The van der Waals surface area contributed by atoms with Gasteiger partial charge in [0, 0.05) is 10.5 Å². The summed E-state index contributed by atoms with van der Waals surface area (Å²) >= 11 is 1.77. The summed E-state index contributed by atoms with van der Waals surface area (Å²) in [6.07, 6.45) is 8.20. The highest BCUT2D eigenvalue weighted by atomic mass is 32.2. The maximum atomic E-state index is 10.8.